The summed E-state index contributed by atoms with van der Waals surface area (Å²) >= 11 is 0. The fourth-order valence-corrected chi connectivity index (χ4v) is 1.98. The minimum absolute atomic E-state index is 0.121. The summed E-state index contributed by atoms with van der Waals surface area (Å²) in [7, 11) is 0. The lowest BCUT2D eigenvalue weighted by molar-refractivity contribution is -0.122. The first-order chi connectivity index (χ1) is 13.0. The van der Waals surface area contributed by atoms with Crippen molar-refractivity contribution in [3.8, 4) is 0 Å². The maximum absolute atomic E-state index is 12.8. The molecule has 0 heterocycles. The normalized spacial score (nSPS) is 11.0. The van der Waals surface area contributed by atoms with Crippen LogP contribution in [0.4, 0.5) is 8.78 Å². The summed E-state index contributed by atoms with van der Waals surface area (Å²) in [5.41, 5.74) is 5.96. The lowest BCUT2D eigenvalue weighted by Gasteiger charge is -2.00. The molecule has 0 saturated carbocycles. The Morgan fingerprint density at radius 2 is 1.11 bits per heavy atom. The van der Waals surface area contributed by atoms with Crippen molar-refractivity contribution in [2.75, 3.05) is 0 Å². The molecule has 2 aromatic rings. The number of rotatable bonds is 8. The highest BCUT2D eigenvalue weighted by Gasteiger charge is 2.04. The Morgan fingerprint density at radius 3 is 1.48 bits per heavy atom. The van der Waals surface area contributed by atoms with E-state index in [1.54, 1.807) is 0 Å². The zero-order valence-electron chi connectivity index (χ0n) is 14.4. The third-order valence-corrected chi connectivity index (χ3v) is 3.35. The molecule has 27 heavy (non-hydrogen) atoms. The molecule has 2 aromatic carbocycles. The number of nitrogens with one attached hydrogen (secondary N) is 2. The molecule has 2 amide bonds. The number of hydrogen-bond acceptors (Lipinski definition) is 4. The largest absolute Gasteiger partial charge is 0.273 e. The molecule has 140 valence electrons. The number of hydrogen-bond donors (Lipinski definition) is 2. The average Bonchev–Trinajstić information content (AvgIpc) is 2.65. The minimum Gasteiger partial charge on any atom is -0.273 e. The maximum Gasteiger partial charge on any atom is 0.240 e. The van der Waals surface area contributed by atoms with Crippen molar-refractivity contribution in [3.63, 3.8) is 0 Å². The van der Waals surface area contributed by atoms with E-state index in [2.05, 4.69) is 21.1 Å². The zero-order valence-corrected chi connectivity index (χ0v) is 14.4. The standard InChI is InChI=1S/C19H18F2N4O2/c20-16-8-4-14(5-9-16)12-22-24-18(26)2-1-3-19(27)25-23-13-15-6-10-17(21)11-7-15/h4-13H,1-3H2,(H,24,26)(H,25,27)/b22-12-,23-13+. The fourth-order valence-electron chi connectivity index (χ4n) is 1.98. The second-order valence-electron chi connectivity index (χ2n) is 5.54. The second-order valence-corrected chi connectivity index (χ2v) is 5.54. The third-order valence-electron chi connectivity index (χ3n) is 3.35. The van der Waals surface area contributed by atoms with E-state index in [0.717, 1.165) is 0 Å². The topological polar surface area (TPSA) is 82.9 Å². The van der Waals surface area contributed by atoms with Crippen molar-refractivity contribution in [1.29, 1.82) is 0 Å². The van der Waals surface area contributed by atoms with Gasteiger partial charge in [0.05, 0.1) is 12.4 Å². The number of hydrazone groups is 2. The predicted molar refractivity (Wildman–Crippen MR) is 98.1 cm³/mol. The van der Waals surface area contributed by atoms with Crippen molar-refractivity contribution in [3.05, 3.63) is 71.3 Å². The van der Waals surface area contributed by atoms with E-state index in [1.165, 1.54) is 61.0 Å². The average molecular weight is 372 g/mol. The molecule has 0 spiro atoms. The van der Waals surface area contributed by atoms with Gasteiger partial charge in [-0.15, -0.1) is 0 Å². The second kappa shape index (κ2) is 10.5. The van der Waals surface area contributed by atoms with Crippen molar-refractivity contribution in [2.45, 2.75) is 19.3 Å². The van der Waals surface area contributed by atoms with Crippen molar-refractivity contribution in [1.82, 2.24) is 10.9 Å². The van der Waals surface area contributed by atoms with Crippen LogP contribution in [-0.2, 0) is 9.59 Å². The molecule has 6 nitrogen and oxygen atoms in total. The Kier molecular flexibility index (Phi) is 7.77. The molecule has 0 saturated heterocycles. The highest BCUT2D eigenvalue weighted by molar-refractivity contribution is 5.83. The van der Waals surface area contributed by atoms with Gasteiger partial charge >= 0.3 is 0 Å². The van der Waals surface area contributed by atoms with E-state index in [9.17, 15) is 18.4 Å². The first-order valence-corrected chi connectivity index (χ1v) is 8.18. The van der Waals surface area contributed by atoms with Gasteiger partial charge in [-0.2, -0.15) is 10.2 Å². The van der Waals surface area contributed by atoms with Crippen LogP contribution in [-0.4, -0.2) is 24.2 Å². The fraction of sp³-hybridized carbons (Fsp3) is 0.158. The van der Waals surface area contributed by atoms with Gasteiger partial charge in [0.2, 0.25) is 11.8 Å². The molecule has 8 heteroatoms. The summed E-state index contributed by atoms with van der Waals surface area (Å²) in [5, 5.41) is 7.52. The highest BCUT2D eigenvalue weighted by Crippen LogP contribution is 2.01. The number of carbonyl (C=O) groups excluding carboxylic acids is 2. The molecule has 0 radical (unpaired) electrons. The summed E-state index contributed by atoms with van der Waals surface area (Å²) in [4.78, 5) is 23.2. The Hall–Kier alpha value is -3.42. The lowest BCUT2D eigenvalue weighted by atomic mass is 10.2. The summed E-state index contributed by atoms with van der Waals surface area (Å²) in [6.07, 6.45) is 3.37. The first kappa shape index (κ1) is 19.9. The summed E-state index contributed by atoms with van der Waals surface area (Å²) in [6, 6.07) is 11.3. The Labute approximate surface area is 155 Å². The highest BCUT2D eigenvalue weighted by atomic mass is 19.1. The van der Waals surface area contributed by atoms with Gasteiger partial charge in [-0.05, 0) is 41.8 Å². The SMILES string of the molecule is O=C(CCCC(=O)N/N=C/c1ccc(F)cc1)N/N=C\c1ccc(F)cc1. The molecule has 0 aliphatic heterocycles. The quantitative estimate of drug-likeness (QED) is 0.552. The van der Waals surface area contributed by atoms with E-state index in [1.807, 2.05) is 0 Å². The molecular weight excluding hydrogens is 354 g/mol. The molecule has 0 unspecified atom stereocenters. The Balaban J connectivity index is 1.61. The minimum atomic E-state index is -0.350. The lowest BCUT2D eigenvalue weighted by Crippen LogP contribution is -2.20. The number of amides is 2. The summed E-state index contributed by atoms with van der Waals surface area (Å²) in [5.74, 6) is -1.38. The van der Waals surface area contributed by atoms with Gasteiger partial charge in [0, 0.05) is 12.8 Å². The van der Waals surface area contributed by atoms with E-state index in [-0.39, 0.29) is 36.3 Å². The van der Waals surface area contributed by atoms with E-state index < -0.39 is 0 Å². The van der Waals surface area contributed by atoms with Crippen LogP contribution in [0.5, 0.6) is 0 Å². The summed E-state index contributed by atoms with van der Waals surface area (Å²) < 4.78 is 25.5. The van der Waals surface area contributed by atoms with Crippen LogP contribution in [0.2, 0.25) is 0 Å². The molecule has 0 aliphatic carbocycles. The Morgan fingerprint density at radius 1 is 0.741 bits per heavy atom. The van der Waals surface area contributed by atoms with Gasteiger partial charge in [-0.1, -0.05) is 24.3 Å². The van der Waals surface area contributed by atoms with Crippen LogP contribution in [0.3, 0.4) is 0 Å². The van der Waals surface area contributed by atoms with Crippen molar-refractivity contribution >= 4 is 24.2 Å². The molecular formula is C19H18F2N4O2. The first-order valence-electron chi connectivity index (χ1n) is 8.18. The molecule has 0 aromatic heterocycles. The Bertz CT molecular complexity index is 749. The van der Waals surface area contributed by atoms with E-state index >= 15 is 0 Å². The van der Waals surface area contributed by atoms with Gasteiger partial charge in [0.25, 0.3) is 0 Å². The van der Waals surface area contributed by atoms with Gasteiger partial charge < -0.3 is 0 Å². The number of halogens is 2. The van der Waals surface area contributed by atoms with Crippen molar-refractivity contribution < 1.29 is 18.4 Å². The van der Waals surface area contributed by atoms with Gasteiger partial charge in [-0.25, -0.2) is 19.6 Å². The molecule has 2 N–H and O–H groups in total. The smallest absolute Gasteiger partial charge is 0.240 e. The number of benzene rings is 2. The number of nitrogens with zero attached hydrogens (tertiary/aromatic N) is 2. The zero-order chi connectivity index (χ0) is 19.5. The maximum atomic E-state index is 12.8. The van der Waals surface area contributed by atoms with Crippen LogP contribution in [0.15, 0.2) is 58.7 Å². The van der Waals surface area contributed by atoms with Crippen LogP contribution in [0.1, 0.15) is 30.4 Å². The van der Waals surface area contributed by atoms with E-state index in [4.69, 9.17) is 0 Å². The molecule has 0 atom stereocenters. The number of carbonyl (C=O) groups is 2. The molecule has 0 aliphatic rings. The van der Waals surface area contributed by atoms with Gasteiger partial charge in [0.15, 0.2) is 0 Å². The molecule has 0 bridgehead atoms. The van der Waals surface area contributed by atoms with Crippen molar-refractivity contribution in [2.24, 2.45) is 10.2 Å². The monoisotopic (exact) mass is 372 g/mol. The van der Waals surface area contributed by atoms with Crippen LogP contribution in [0.25, 0.3) is 0 Å². The predicted octanol–water partition coefficient (Wildman–Crippen LogP) is 2.74. The van der Waals surface area contributed by atoms with Gasteiger partial charge in [-0.3, -0.25) is 9.59 Å². The van der Waals surface area contributed by atoms with Crippen LogP contribution >= 0.6 is 0 Å². The van der Waals surface area contributed by atoms with E-state index in [0.29, 0.717) is 17.5 Å². The third kappa shape index (κ3) is 8.00. The summed E-state index contributed by atoms with van der Waals surface area (Å²) in [6.45, 7) is 0. The molecule has 2 rings (SSSR count). The van der Waals surface area contributed by atoms with Crippen LogP contribution in [0, 0.1) is 11.6 Å². The van der Waals surface area contributed by atoms with Crippen LogP contribution < -0.4 is 10.9 Å². The van der Waals surface area contributed by atoms with Gasteiger partial charge in [0.1, 0.15) is 11.6 Å². The molecule has 0 fully saturated rings.